The molecular weight excluding hydrogens is 192 g/mol. The molecular formula is C10H14N4O. The van der Waals surface area contributed by atoms with Crippen molar-refractivity contribution in [1.29, 1.82) is 0 Å². The maximum Gasteiger partial charge on any atom is 0.228 e. The number of nitrogens with zero attached hydrogens (tertiary/aromatic N) is 3. The minimum Gasteiger partial charge on any atom is -0.333 e. The van der Waals surface area contributed by atoms with Gasteiger partial charge in [0.2, 0.25) is 5.91 Å². The van der Waals surface area contributed by atoms with E-state index in [4.69, 9.17) is 0 Å². The Morgan fingerprint density at radius 3 is 3.07 bits per heavy atom. The largest absolute Gasteiger partial charge is 0.333 e. The fraction of sp³-hybridized carbons (Fsp3) is 0.600. The molecule has 2 aliphatic rings. The van der Waals surface area contributed by atoms with Crippen molar-refractivity contribution in [3.8, 4) is 0 Å². The van der Waals surface area contributed by atoms with Crippen LogP contribution in [0.25, 0.3) is 0 Å². The molecule has 2 aliphatic heterocycles. The first-order chi connectivity index (χ1) is 7.34. The number of aromatic nitrogens is 2. The first-order valence-corrected chi connectivity index (χ1v) is 5.34. The van der Waals surface area contributed by atoms with Gasteiger partial charge in [-0.25, -0.2) is 4.98 Å². The van der Waals surface area contributed by atoms with Gasteiger partial charge >= 0.3 is 0 Å². The van der Waals surface area contributed by atoms with Gasteiger partial charge < -0.3 is 14.8 Å². The average molecular weight is 206 g/mol. The molecule has 0 atom stereocenters. The molecule has 0 aromatic carbocycles. The van der Waals surface area contributed by atoms with Crippen LogP contribution in [-0.2, 0) is 17.9 Å². The summed E-state index contributed by atoms with van der Waals surface area (Å²) < 4.78 is 2.11. The van der Waals surface area contributed by atoms with E-state index in [1.807, 2.05) is 11.1 Å². The molecule has 0 bridgehead atoms. The fourth-order valence-corrected chi connectivity index (χ4v) is 2.08. The SMILES string of the molecule is O=C(C1CNC1)N1CCn2ccnc2C1. The molecule has 0 aliphatic carbocycles. The number of carbonyl (C=O) groups excluding carboxylic acids is 1. The van der Waals surface area contributed by atoms with Gasteiger partial charge in [-0.05, 0) is 0 Å². The predicted molar refractivity (Wildman–Crippen MR) is 54.0 cm³/mol. The Balaban J connectivity index is 1.72. The summed E-state index contributed by atoms with van der Waals surface area (Å²) in [7, 11) is 0. The highest BCUT2D eigenvalue weighted by Gasteiger charge is 2.31. The van der Waals surface area contributed by atoms with Crippen LogP contribution in [0.2, 0.25) is 0 Å². The van der Waals surface area contributed by atoms with Crippen LogP contribution in [-0.4, -0.2) is 40.0 Å². The zero-order chi connectivity index (χ0) is 10.3. The molecule has 0 spiro atoms. The Bertz CT molecular complexity index is 383. The Kier molecular flexibility index (Phi) is 1.98. The molecule has 1 aromatic heterocycles. The van der Waals surface area contributed by atoms with Crippen molar-refractivity contribution in [3.63, 3.8) is 0 Å². The highest BCUT2D eigenvalue weighted by Crippen LogP contribution is 2.15. The number of rotatable bonds is 1. The quantitative estimate of drug-likeness (QED) is 0.670. The smallest absolute Gasteiger partial charge is 0.228 e. The maximum atomic E-state index is 12.0. The minimum absolute atomic E-state index is 0.200. The Morgan fingerprint density at radius 1 is 1.47 bits per heavy atom. The summed E-state index contributed by atoms with van der Waals surface area (Å²) in [5, 5.41) is 3.13. The first kappa shape index (κ1) is 8.91. The highest BCUT2D eigenvalue weighted by atomic mass is 16.2. The van der Waals surface area contributed by atoms with Gasteiger partial charge in [-0.3, -0.25) is 4.79 Å². The summed E-state index contributed by atoms with van der Waals surface area (Å²) in [4.78, 5) is 18.1. The molecule has 1 amide bonds. The summed E-state index contributed by atoms with van der Waals surface area (Å²) in [6, 6.07) is 0. The van der Waals surface area contributed by atoms with Crippen molar-refractivity contribution in [2.75, 3.05) is 19.6 Å². The van der Waals surface area contributed by atoms with Gasteiger partial charge in [0.25, 0.3) is 0 Å². The number of fused-ring (bicyclic) bond motifs is 1. The molecule has 5 heteroatoms. The lowest BCUT2D eigenvalue weighted by molar-refractivity contribution is -0.138. The molecule has 3 heterocycles. The number of carbonyl (C=O) groups is 1. The molecule has 1 saturated heterocycles. The van der Waals surface area contributed by atoms with E-state index < -0.39 is 0 Å². The Labute approximate surface area is 88.1 Å². The normalized spacial score (nSPS) is 20.9. The van der Waals surface area contributed by atoms with Crippen molar-refractivity contribution >= 4 is 5.91 Å². The third-order valence-corrected chi connectivity index (χ3v) is 3.19. The lowest BCUT2D eigenvalue weighted by Gasteiger charge is -2.34. The van der Waals surface area contributed by atoms with Gasteiger partial charge in [0.15, 0.2) is 0 Å². The first-order valence-electron chi connectivity index (χ1n) is 5.34. The second kappa shape index (κ2) is 3.34. The van der Waals surface area contributed by atoms with Crippen LogP contribution in [0, 0.1) is 5.92 Å². The lowest BCUT2D eigenvalue weighted by atomic mass is 10.0. The second-order valence-electron chi connectivity index (χ2n) is 4.15. The van der Waals surface area contributed by atoms with E-state index in [1.165, 1.54) is 0 Å². The van der Waals surface area contributed by atoms with Crippen LogP contribution in [0.1, 0.15) is 5.82 Å². The molecule has 0 unspecified atom stereocenters. The summed E-state index contributed by atoms with van der Waals surface area (Å²) in [6.45, 7) is 4.04. The van der Waals surface area contributed by atoms with Crippen LogP contribution in [0.4, 0.5) is 0 Å². The van der Waals surface area contributed by atoms with Crippen molar-refractivity contribution in [2.45, 2.75) is 13.1 Å². The standard InChI is InChI=1S/C10H14N4O/c15-10(8-5-11-6-8)14-4-3-13-2-1-12-9(13)7-14/h1-2,8,11H,3-7H2. The van der Waals surface area contributed by atoms with E-state index in [-0.39, 0.29) is 11.8 Å². The fourth-order valence-electron chi connectivity index (χ4n) is 2.08. The molecule has 15 heavy (non-hydrogen) atoms. The predicted octanol–water partition coefficient (Wildman–Crippen LogP) is -0.555. The van der Waals surface area contributed by atoms with Gasteiger partial charge in [-0.2, -0.15) is 0 Å². The minimum atomic E-state index is 0.200. The Hall–Kier alpha value is -1.36. The van der Waals surface area contributed by atoms with Gasteiger partial charge in [-0.1, -0.05) is 0 Å². The molecule has 1 N–H and O–H groups in total. The van der Waals surface area contributed by atoms with Gasteiger partial charge in [-0.15, -0.1) is 0 Å². The van der Waals surface area contributed by atoms with Crippen molar-refractivity contribution < 1.29 is 4.79 Å². The van der Waals surface area contributed by atoms with Crippen LogP contribution >= 0.6 is 0 Å². The summed E-state index contributed by atoms with van der Waals surface area (Å²) >= 11 is 0. The average Bonchev–Trinajstić information content (AvgIpc) is 2.61. The highest BCUT2D eigenvalue weighted by molar-refractivity contribution is 5.80. The molecule has 1 fully saturated rings. The lowest BCUT2D eigenvalue weighted by Crippen LogP contribution is -2.53. The second-order valence-corrected chi connectivity index (χ2v) is 4.15. The van der Waals surface area contributed by atoms with E-state index in [9.17, 15) is 4.79 Å². The van der Waals surface area contributed by atoms with Crippen molar-refractivity contribution in [1.82, 2.24) is 19.8 Å². The molecule has 5 nitrogen and oxygen atoms in total. The van der Waals surface area contributed by atoms with E-state index >= 15 is 0 Å². The zero-order valence-electron chi connectivity index (χ0n) is 8.52. The molecule has 0 saturated carbocycles. The van der Waals surface area contributed by atoms with Crippen LogP contribution in [0.3, 0.4) is 0 Å². The molecule has 3 rings (SSSR count). The Morgan fingerprint density at radius 2 is 2.33 bits per heavy atom. The number of amides is 1. The van der Waals surface area contributed by atoms with Crippen LogP contribution in [0.15, 0.2) is 12.4 Å². The van der Waals surface area contributed by atoms with E-state index in [0.717, 1.165) is 32.0 Å². The van der Waals surface area contributed by atoms with Crippen LogP contribution in [0.5, 0.6) is 0 Å². The van der Waals surface area contributed by atoms with Gasteiger partial charge in [0.05, 0.1) is 12.5 Å². The number of hydrogen-bond donors (Lipinski definition) is 1. The third-order valence-electron chi connectivity index (χ3n) is 3.19. The molecule has 0 radical (unpaired) electrons. The zero-order valence-corrected chi connectivity index (χ0v) is 8.52. The molecule has 80 valence electrons. The van der Waals surface area contributed by atoms with E-state index in [0.29, 0.717) is 6.54 Å². The molecule has 1 aromatic rings. The summed E-state index contributed by atoms with van der Waals surface area (Å²) in [5.74, 6) is 1.48. The number of hydrogen-bond acceptors (Lipinski definition) is 3. The monoisotopic (exact) mass is 206 g/mol. The summed E-state index contributed by atoms with van der Waals surface area (Å²) in [6.07, 6.45) is 3.77. The third kappa shape index (κ3) is 1.43. The van der Waals surface area contributed by atoms with Crippen molar-refractivity contribution in [2.24, 2.45) is 5.92 Å². The van der Waals surface area contributed by atoms with Gasteiger partial charge in [0.1, 0.15) is 5.82 Å². The van der Waals surface area contributed by atoms with Crippen LogP contribution < -0.4 is 5.32 Å². The van der Waals surface area contributed by atoms with E-state index in [1.54, 1.807) is 6.20 Å². The number of imidazole rings is 1. The number of nitrogens with one attached hydrogen (secondary N) is 1. The topological polar surface area (TPSA) is 50.2 Å². The maximum absolute atomic E-state index is 12.0. The van der Waals surface area contributed by atoms with E-state index in [2.05, 4.69) is 14.9 Å². The summed E-state index contributed by atoms with van der Waals surface area (Å²) in [5.41, 5.74) is 0. The van der Waals surface area contributed by atoms with Gasteiger partial charge in [0, 0.05) is 38.6 Å². The van der Waals surface area contributed by atoms with Crippen molar-refractivity contribution in [3.05, 3.63) is 18.2 Å².